The monoisotopic (exact) mass is 471 g/mol. The summed E-state index contributed by atoms with van der Waals surface area (Å²) in [5.74, 6) is -1.53. The number of rotatable bonds is 4. The number of nitrogens with zero attached hydrogens (tertiary/aromatic N) is 1. The van der Waals surface area contributed by atoms with Crippen LogP contribution in [0, 0.1) is 19.3 Å². The van der Waals surface area contributed by atoms with Crippen molar-refractivity contribution in [3.05, 3.63) is 40.3 Å². The molecular formula is C24H29N3O5S. The Balaban J connectivity index is 1.80. The fourth-order valence-electron chi connectivity index (χ4n) is 3.49. The maximum atomic E-state index is 13.1. The van der Waals surface area contributed by atoms with Crippen LogP contribution in [-0.2, 0) is 19.1 Å². The zero-order valence-corrected chi connectivity index (χ0v) is 20.5. The van der Waals surface area contributed by atoms with E-state index in [9.17, 15) is 19.2 Å². The van der Waals surface area contributed by atoms with Crippen molar-refractivity contribution in [2.75, 3.05) is 22.1 Å². The SMILES string of the molecule is Cc1sc(NC(=O)C(C)(C)C)c(C(=O)OCC(=O)N2c3ccccc3NC(=O)CC2C)c1C. The average Bonchev–Trinajstić information content (AvgIpc) is 2.91. The quantitative estimate of drug-likeness (QED) is 0.648. The van der Waals surface area contributed by atoms with Gasteiger partial charge in [-0.3, -0.25) is 14.4 Å². The van der Waals surface area contributed by atoms with Crippen molar-refractivity contribution in [2.24, 2.45) is 5.41 Å². The summed E-state index contributed by atoms with van der Waals surface area (Å²) >= 11 is 1.30. The molecule has 0 aliphatic carbocycles. The van der Waals surface area contributed by atoms with Crippen LogP contribution in [0.2, 0.25) is 0 Å². The van der Waals surface area contributed by atoms with E-state index >= 15 is 0 Å². The number of carbonyl (C=O) groups is 4. The van der Waals surface area contributed by atoms with Crippen LogP contribution < -0.4 is 15.5 Å². The summed E-state index contributed by atoms with van der Waals surface area (Å²) in [6, 6.07) is 6.60. The van der Waals surface area contributed by atoms with E-state index in [0.29, 0.717) is 21.9 Å². The standard InChI is InChI=1S/C24H29N3O5S/c1-13-11-18(28)25-16-9-7-8-10-17(16)27(13)19(29)12-32-22(30)20-14(2)15(3)33-21(20)26-23(31)24(4,5)6/h7-10,13H,11-12H2,1-6H3,(H,25,28)(H,26,31). The van der Waals surface area contributed by atoms with Gasteiger partial charge in [0.15, 0.2) is 6.61 Å². The van der Waals surface area contributed by atoms with Gasteiger partial charge >= 0.3 is 5.97 Å². The minimum absolute atomic E-state index is 0.125. The number of hydrogen-bond donors (Lipinski definition) is 2. The maximum Gasteiger partial charge on any atom is 0.341 e. The van der Waals surface area contributed by atoms with E-state index in [1.165, 1.54) is 16.2 Å². The van der Waals surface area contributed by atoms with Crippen molar-refractivity contribution in [3.8, 4) is 0 Å². The molecule has 1 aromatic heterocycles. The lowest BCUT2D eigenvalue weighted by molar-refractivity contribution is -0.123. The van der Waals surface area contributed by atoms with Gasteiger partial charge in [-0.05, 0) is 38.5 Å². The van der Waals surface area contributed by atoms with E-state index in [0.717, 1.165) is 4.88 Å². The topological polar surface area (TPSA) is 105 Å². The second kappa shape index (κ2) is 9.35. The van der Waals surface area contributed by atoms with Gasteiger partial charge in [-0.25, -0.2) is 4.79 Å². The Bertz CT molecular complexity index is 1120. The predicted octanol–water partition coefficient (Wildman–Crippen LogP) is 4.27. The third-order valence-electron chi connectivity index (χ3n) is 5.45. The lowest BCUT2D eigenvalue weighted by Gasteiger charge is -2.27. The lowest BCUT2D eigenvalue weighted by Crippen LogP contribution is -2.41. The van der Waals surface area contributed by atoms with Crippen molar-refractivity contribution in [1.82, 2.24) is 0 Å². The van der Waals surface area contributed by atoms with Gasteiger partial charge < -0.3 is 20.3 Å². The molecule has 1 aliphatic rings. The molecule has 8 nitrogen and oxygen atoms in total. The third kappa shape index (κ3) is 5.24. The first kappa shape index (κ1) is 24.4. The molecule has 3 amide bonds. The van der Waals surface area contributed by atoms with E-state index in [1.54, 1.807) is 58.9 Å². The number of anilines is 3. The van der Waals surface area contributed by atoms with Crippen LogP contribution in [-0.4, -0.2) is 36.3 Å². The summed E-state index contributed by atoms with van der Waals surface area (Å²) in [4.78, 5) is 53.0. The second-order valence-electron chi connectivity index (χ2n) is 9.15. The minimum Gasteiger partial charge on any atom is -0.452 e. The van der Waals surface area contributed by atoms with Crippen LogP contribution in [0.4, 0.5) is 16.4 Å². The molecule has 1 unspecified atom stereocenters. The van der Waals surface area contributed by atoms with Gasteiger partial charge in [0.1, 0.15) is 5.00 Å². The van der Waals surface area contributed by atoms with Crippen molar-refractivity contribution >= 4 is 51.4 Å². The predicted molar refractivity (Wildman–Crippen MR) is 129 cm³/mol. The van der Waals surface area contributed by atoms with E-state index in [2.05, 4.69) is 10.6 Å². The minimum atomic E-state index is -0.681. The summed E-state index contributed by atoms with van der Waals surface area (Å²) in [5, 5.41) is 6.02. The number of hydrogen-bond acceptors (Lipinski definition) is 6. The molecule has 0 spiro atoms. The molecular weight excluding hydrogens is 442 g/mol. The van der Waals surface area contributed by atoms with Gasteiger partial charge in [0.2, 0.25) is 11.8 Å². The highest BCUT2D eigenvalue weighted by Crippen LogP contribution is 2.35. The summed E-state index contributed by atoms with van der Waals surface area (Å²) < 4.78 is 5.40. The number of nitrogens with one attached hydrogen (secondary N) is 2. The van der Waals surface area contributed by atoms with Crippen molar-refractivity contribution < 1.29 is 23.9 Å². The van der Waals surface area contributed by atoms with Crippen LogP contribution in [0.5, 0.6) is 0 Å². The molecule has 0 bridgehead atoms. The Morgan fingerprint density at radius 2 is 1.88 bits per heavy atom. The van der Waals surface area contributed by atoms with Crippen molar-refractivity contribution in [1.29, 1.82) is 0 Å². The molecule has 9 heteroatoms. The Morgan fingerprint density at radius 1 is 1.21 bits per heavy atom. The van der Waals surface area contributed by atoms with E-state index in [1.807, 2.05) is 6.92 Å². The highest BCUT2D eigenvalue weighted by Gasteiger charge is 2.31. The Kier molecular flexibility index (Phi) is 6.92. The van der Waals surface area contributed by atoms with Gasteiger partial charge in [-0.15, -0.1) is 11.3 Å². The Hall–Kier alpha value is -3.20. The molecule has 1 atom stereocenters. The zero-order valence-electron chi connectivity index (χ0n) is 19.7. The van der Waals surface area contributed by atoms with Gasteiger partial charge in [-0.1, -0.05) is 32.9 Å². The number of benzene rings is 1. The number of para-hydroxylation sites is 2. The summed E-state index contributed by atoms with van der Waals surface area (Å²) in [5.41, 5.74) is 1.40. The van der Waals surface area contributed by atoms with Gasteiger partial charge in [0.25, 0.3) is 5.91 Å². The molecule has 176 valence electrons. The molecule has 1 aliphatic heterocycles. The van der Waals surface area contributed by atoms with Crippen molar-refractivity contribution in [2.45, 2.75) is 54.0 Å². The van der Waals surface area contributed by atoms with Crippen LogP contribution in [0.25, 0.3) is 0 Å². The lowest BCUT2D eigenvalue weighted by atomic mass is 9.96. The first-order chi connectivity index (χ1) is 15.4. The number of carbonyl (C=O) groups excluding carboxylic acids is 4. The molecule has 0 radical (unpaired) electrons. The van der Waals surface area contributed by atoms with Gasteiger partial charge in [0.05, 0.1) is 16.9 Å². The highest BCUT2D eigenvalue weighted by molar-refractivity contribution is 7.16. The van der Waals surface area contributed by atoms with E-state index < -0.39 is 29.9 Å². The van der Waals surface area contributed by atoms with Crippen LogP contribution in [0.3, 0.4) is 0 Å². The van der Waals surface area contributed by atoms with Crippen LogP contribution in [0.15, 0.2) is 24.3 Å². The molecule has 33 heavy (non-hydrogen) atoms. The number of aryl methyl sites for hydroxylation is 1. The second-order valence-corrected chi connectivity index (χ2v) is 10.4. The Morgan fingerprint density at radius 3 is 2.55 bits per heavy atom. The number of amides is 3. The maximum absolute atomic E-state index is 13.1. The largest absolute Gasteiger partial charge is 0.452 e. The van der Waals surface area contributed by atoms with E-state index in [4.69, 9.17) is 4.74 Å². The molecule has 0 fully saturated rings. The summed E-state index contributed by atoms with van der Waals surface area (Å²) in [6.45, 7) is 10.3. The molecule has 1 aromatic carbocycles. The molecule has 2 heterocycles. The van der Waals surface area contributed by atoms with Gasteiger partial charge in [0, 0.05) is 22.8 Å². The smallest absolute Gasteiger partial charge is 0.341 e. The molecule has 0 saturated heterocycles. The highest BCUT2D eigenvalue weighted by atomic mass is 32.1. The van der Waals surface area contributed by atoms with E-state index in [-0.39, 0.29) is 23.8 Å². The van der Waals surface area contributed by atoms with Crippen molar-refractivity contribution in [3.63, 3.8) is 0 Å². The average molecular weight is 472 g/mol. The fourth-order valence-corrected chi connectivity index (χ4v) is 4.53. The molecule has 0 saturated carbocycles. The zero-order chi connectivity index (χ0) is 24.5. The number of thiophene rings is 1. The Labute approximate surface area is 197 Å². The van der Waals surface area contributed by atoms with Crippen LogP contribution in [0.1, 0.15) is 54.9 Å². The summed E-state index contributed by atoms with van der Waals surface area (Å²) in [7, 11) is 0. The number of fused-ring (bicyclic) bond motifs is 1. The number of ether oxygens (including phenoxy) is 1. The fraction of sp³-hybridized carbons (Fsp3) is 0.417. The normalized spacial score (nSPS) is 15.9. The first-order valence-corrected chi connectivity index (χ1v) is 11.5. The molecule has 2 N–H and O–H groups in total. The first-order valence-electron chi connectivity index (χ1n) is 10.7. The summed E-state index contributed by atoms with van der Waals surface area (Å²) in [6.07, 6.45) is 0.125. The van der Waals surface area contributed by atoms with Gasteiger partial charge in [-0.2, -0.15) is 0 Å². The van der Waals surface area contributed by atoms with Crippen LogP contribution >= 0.6 is 11.3 Å². The third-order valence-corrected chi connectivity index (χ3v) is 6.58. The molecule has 2 aromatic rings. The number of esters is 1. The molecule has 3 rings (SSSR count).